The third kappa shape index (κ3) is 0.320. The van der Waals surface area contributed by atoms with E-state index in [-0.39, 0.29) is 1.43 Å². The summed E-state index contributed by atoms with van der Waals surface area (Å²) in [4.78, 5) is 0. The van der Waals surface area contributed by atoms with Crippen molar-refractivity contribution in [3.8, 4) is 0 Å². The summed E-state index contributed by atoms with van der Waals surface area (Å²) in [7, 11) is 0. The van der Waals surface area contributed by atoms with Gasteiger partial charge in [-0.15, -0.1) is 0 Å². The number of azo groups is 1. The zero-order chi connectivity index (χ0) is 5.40. The van der Waals surface area contributed by atoms with Crippen molar-refractivity contribution in [1.29, 1.82) is 0 Å². The van der Waals surface area contributed by atoms with Gasteiger partial charge >= 0.3 is 1.43 Å². The topological polar surface area (TPSA) is 24.7 Å². The fourth-order valence-electron chi connectivity index (χ4n) is 0.778. The van der Waals surface area contributed by atoms with E-state index in [0.29, 0.717) is 0 Å². The lowest BCUT2D eigenvalue weighted by Gasteiger charge is -1.80. The summed E-state index contributed by atoms with van der Waals surface area (Å²) in [6, 6.07) is 0. The zero-order valence-corrected chi connectivity index (χ0v) is 4.20. The maximum atomic E-state index is 3.83. The first-order valence-electron chi connectivity index (χ1n) is 2.46. The van der Waals surface area contributed by atoms with Gasteiger partial charge in [0.1, 0.15) is 0 Å². The zero-order valence-electron chi connectivity index (χ0n) is 5.20. The second-order valence-electron chi connectivity index (χ2n) is 1.71. The Morgan fingerprint density at radius 3 is 3.38 bits per heavy atom. The second kappa shape index (κ2) is 1.15. The third-order valence-electron chi connectivity index (χ3n) is 1.19. The Morgan fingerprint density at radius 2 is 2.50 bits per heavy atom. The SMILES string of the molecule is C1=CC2=CN=NC2=C1.[H+]. The highest BCUT2D eigenvalue weighted by molar-refractivity contribution is 5.48. The Labute approximate surface area is 48.4 Å². The van der Waals surface area contributed by atoms with Crippen molar-refractivity contribution in [2.24, 2.45) is 10.2 Å². The van der Waals surface area contributed by atoms with E-state index in [0.717, 1.165) is 11.3 Å². The lowest BCUT2D eigenvalue weighted by Crippen LogP contribution is -1.66. The minimum absolute atomic E-state index is 0. The van der Waals surface area contributed by atoms with E-state index in [9.17, 15) is 0 Å². The summed E-state index contributed by atoms with van der Waals surface area (Å²) in [6.45, 7) is 0. The molecule has 2 rings (SSSR count). The van der Waals surface area contributed by atoms with Crippen molar-refractivity contribution in [2.45, 2.75) is 0 Å². The van der Waals surface area contributed by atoms with Gasteiger partial charge in [-0.2, -0.15) is 10.2 Å². The molecule has 0 saturated carbocycles. The van der Waals surface area contributed by atoms with Crippen LogP contribution in [0.2, 0.25) is 0 Å². The van der Waals surface area contributed by atoms with Crippen LogP contribution in [0.3, 0.4) is 0 Å². The number of hydrogen-bond acceptors (Lipinski definition) is 2. The van der Waals surface area contributed by atoms with E-state index < -0.39 is 0 Å². The summed E-state index contributed by atoms with van der Waals surface area (Å²) in [5, 5.41) is 7.54. The van der Waals surface area contributed by atoms with E-state index in [1.54, 1.807) is 6.20 Å². The van der Waals surface area contributed by atoms with Gasteiger partial charge < -0.3 is 0 Å². The van der Waals surface area contributed by atoms with Crippen LogP contribution in [0.5, 0.6) is 0 Å². The van der Waals surface area contributed by atoms with Gasteiger partial charge in [0.25, 0.3) is 0 Å². The molecule has 1 aliphatic carbocycles. The normalized spacial score (nSPS) is 21.0. The average Bonchev–Trinajstić information content (AvgIpc) is 2.15. The van der Waals surface area contributed by atoms with Gasteiger partial charge in [0.2, 0.25) is 0 Å². The summed E-state index contributed by atoms with van der Waals surface area (Å²) in [5.74, 6) is 0. The number of fused-ring (bicyclic) bond motifs is 1. The first-order chi connectivity index (χ1) is 3.97. The van der Waals surface area contributed by atoms with E-state index >= 15 is 0 Å². The molecule has 38 valence electrons. The van der Waals surface area contributed by atoms with E-state index in [2.05, 4.69) is 10.2 Å². The molecule has 0 bridgehead atoms. The Morgan fingerprint density at radius 1 is 1.50 bits per heavy atom. The molecular weight excluding hydrogens is 100 g/mol. The molecule has 8 heavy (non-hydrogen) atoms. The van der Waals surface area contributed by atoms with Gasteiger partial charge in [-0.1, -0.05) is 12.2 Å². The molecule has 2 heteroatoms. The van der Waals surface area contributed by atoms with Crippen LogP contribution in [-0.4, -0.2) is 0 Å². The number of nitrogens with zero attached hydrogens (tertiary/aromatic N) is 2. The second-order valence-corrected chi connectivity index (χ2v) is 1.71. The maximum Gasteiger partial charge on any atom is 1.00 e. The molecule has 1 aliphatic heterocycles. The van der Waals surface area contributed by atoms with E-state index in [1.165, 1.54) is 0 Å². The van der Waals surface area contributed by atoms with Gasteiger partial charge in [-0.05, 0) is 6.08 Å². The largest absolute Gasteiger partial charge is 1.00 e. The highest BCUT2D eigenvalue weighted by Crippen LogP contribution is 2.23. The highest BCUT2D eigenvalue weighted by atomic mass is 15.1. The van der Waals surface area contributed by atoms with Crippen molar-refractivity contribution in [3.05, 3.63) is 35.7 Å². The predicted molar refractivity (Wildman–Crippen MR) is 31.3 cm³/mol. The summed E-state index contributed by atoms with van der Waals surface area (Å²) < 4.78 is 0. The summed E-state index contributed by atoms with van der Waals surface area (Å²) in [6.07, 6.45) is 7.67. The molecule has 0 N–H and O–H groups in total. The Kier molecular flexibility index (Phi) is 0.545. The molecule has 0 saturated heterocycles. The van der Waals surface area contributed by atoms with Crippen LogP contribution in [0, 0.1) is 0 Å². The molecule has 0 atom stereocenters. The quantitative estimate of drug-likeness (QED) is 0.449. The third-order valence-corrected chi connectivity index (χ3v) is 1.19. The van der Waals surface area contributed by atoms with Crippen LogP contribution in [-0.2, 0) is 0 Å². The monoisotopic (exact) mass is 105 g/mol. The van der Waals surface area contributed by atoms with Crippen molar-refractivity contribution in [2.75, 3.05) is 0 Å². The number of rotatable bonds is 0. The van der Waals surface area contributed by atoms with Crippen LogP contribution < -0.4 is 0 Å². The lowest BCUT2D eigenvalue weighted by atomic mass is 10.3. The molecule has 0 unspecified atom stereocenters. The van der Waals surface area contributed by atoms with Crippen molar-refractivity contribution in [3.63, 3.8) is 0 Å². The smallest absolute Gasteiger partial charge is 0.158 e. The van der Waals surface area contributed by atoms with Crippen LogP contribution in [0.15, 0.2) is 45.9 Å². The van der Waals surface area contributed by atoms with Gasteiger partial charge in [-0.25, -0.2) is 0 Å². The summed E-state index contributed by atoms with van der Waals surface area (Å²) >= 11 is 0. The lowest BCUT2D eigenvalue weighted by molar-refractivity contribution is 1.23. The van der Waals surface area contributed by atoms with Gasteiger partial charge in [0.15, 0.2) is 0 Å². The molecule has 0 spiro atoms. The van der Waals surface area contributed by atoms with Crippen LogP contribution in [0.25, 0.3) is 0 Å². The van der Waals surface area contributed by atoms with E-state index in [1.807, 2.05) is 18.2 Å². The Balaban J connectivity index is 0.000000405. The average molecular weight is 105 g/mol. The Hall–Kier alpha value is -1.18. The molecule has 0 aromatic heterocycles. The van der Waals surface area contributed by atoms with Crippen molar-refractivity contribution in [1.82, 2.24) is 0 Å². The van der Waals surface area contributed by atoms with E-state index in [4.69, 9.17) is 0 Å². The van der Waals surface area contributed by atoms with Gasteiger partial charge in [0.05, 0.1) is 11.9 Å². The summed E-state index contributed by atoms with van der Waals surface area (Å²) in [5.41, 5.74) is 2.12. The fourth-order valence-corrected chi connectivity index (χ4v) is 0.778. The molecule has 2 nitrogen and oxygen atoms in total. The van der Waals surface area contributed by atoms with Crippen molar-refractivity contribution < 1.29 is 1.43 Å². The first kappa shape index (κ1) is 3.78. The molecule has 0 amide bonds. The molecule has 2 aliphatic rings. The Bertz CT molecular complexity index is 209. The highest BCUT2D eigenvalue weighted by Gasteiger charge is 2.07. The molecule has 0 fully saturated rings. The molecule has 1 heterocycles. The van der Waals surface area contributed by atoms with Crippen LogP contribution >= 0.6 is 0 Å². The number of allylic oxidation sites excluding steroid dienone is 3. The molecule has 0 aromatic carbocycles. The van der Waals surface area contributed by atoms with Crippen LogP contribution in [0.4, 0.5) is 0 Å². The minimum atomic E-state index is 0. The molecule has 0 radical (unpaired) electrons. The predicted octanol–water partition coefficient (Wildman–Crippen LogP) is 1.90. The standard InChI is InChI=1S/C6H4N2/c1-2-5-4-7-8-6(5)3-1/h1-4H/p+1. The van der Waals surface area contributed by atoms with Crippen LogP contribution in [0.1, 0.15) is 1.43 Å². The minimum Gasteiger partial charge on any atom is -0.158 e. The van der Waals surface area contributed by atoms with Crippen molar-refractivity contribution >= 4 is 0 Å². The maximum absolute atomic E-state index is 3.83. The number of hydrogen-bond donors (Lipinski definition) is 0. The molecular formula is C6H5N2+. The van der Waals surface area contributed by atoms with Gasteiger partial charge in [-0.3, -0.25) is 0 Å². The van der Waals surface area contributed by atoms with Gasteiger partial charge in [0, 0.05) is 5.57 Å². The first-order valence-corrected chi connectivity index (χ1v) is 2.46. The fraction of sp³-hybridized carbons (Fsp3) is 0. The molecule has 0 aromatic rings.